The molecule has 1 aromatic heterocycles. The van der Waals surface area contributed by atoms with Crippen molar-refractivity contribution in [3.05, 3.63) is 0 Å². The minimum Gasteiger partial charge on any atom is -0.481 e. The second-order valence-corrected chi connectivity index (χ2v) is 5.80. The van der Waals surface area contributed by atoms with Crippen LogP contribution in [0, 0.1) is 5.92 Å². The largest absolute Gasteiger partial charge is 0.481 e. The molecule has 2 unspecified atom stereocenters. The first-order valence-corrected chi connectivity index (χ1v) is 7.28. The second kappa shape index (κ2) is 6.17. The standard InChI is InChI=1S/C11H18N4O2S/c1-8-3-2-4-9(6-5-8)15-11(12-13-14-15)18-7-10(16)17/h8-9H,2-7H2,1H3,(H,16,17). The fourth-order valence-electron chi connectivity index (χ4n) is 2.35. The van der Waals surface area contributed by atoms with Gasteiger partial charge in [0.25, 0.3) is 0 Å². The lowest BCUT2D eigenvalue weighted by Crippen LogP contribution is -2.12. The third kappa shape index (κ3) is 3.44. The normalized spacial score (nSPS) is 24.7. The Morgan fingerprint density at radius 2 is 2.28 bits per heavy atom. The number of hydrogen-bond donors (Lipinski definition) is 1. The van der Waals surface area contributed by atoms with Gasteiger partial charge >= 0.3 is 5.97 Å². The number of carboxylic acids is 1. The fraction of sp³-hybridized carbons (Fsp3) is 0.818. The monoisotopic (exact) mass is 270 g/mol. The minimum atomic E-state index is -0.843. The van der Waals surface area contributed by atoms with Crippen LogP contribution in [0.4, 0.5) is 0 Å². The smallest absolute Gasteiger partial charge is 0.313 e. The van der Waals surface area contributed by atoms with E-state index in [1.165, 1.54) is 31.0 Å². The van der Waals surface area contributed by atoms with Crippen LogP contribution in [0.25, 0.3) is 0 Å². The second-order valence-electron chi connectivity index (χ2n) is 4.86. The molecule has 0 aromatic carbocycles. The van der Waals surface area contributed by atoms with Gasteiger partial charge in [-0.3, -0.25) is 4.79 Å². The molecule has 0 bridgehead atoms. The van der Waals surface area contributed by atoms with Gasteiger partial charge in [-0.25, -0.2) is 4.68 Å². The van der Waals surface area contributed by atoms with Crippen molar-refractivity contribution in [3.8, 4) is 0 Å². The van der Waals surface area contributed by atoms with E-state index in [1.807, 2.05) is 4.68 Å². The zero-order valence-electron chi connectivity index (χ0n) is 10.4. The molecular formula is C11H18N4O2S. The average molecular weight is 270 g/mol. The maximum absolute atomic E-state index is 10.6. The van der Waals surface area contributed by atoms with E-state index >= 15 is 0 Å². The molecule has 1 aliphatic rings. The molecule has 7 heteroatoms. The Labute approximate surface area is 110 Å². The summed E-state index contributed by atoms with van der Waals surface area (Å²) in [5, 5.41) is 20.9. The van der Waals surface area contributed by atoms with Gasteiger partial charge in [0.05, 0.1) is 11.8 Å². The first kappa shape index (κ1) is 13.3. The van der Waals surface area contributed by atoms with Crippen molar-refractivity contribution in [2.75, 3.05) is 5.75 Å². The molecule has 0 aliphatic heterocycles. The number of hydrogen-bond acceptors (Lipinski definition) is 5. The number of aromatic nitrogens is 4. The SMILES string of the molecule is CC1CCCC(n2nnnc2SCC(=O)O)CC1. The van der Waals surface area contributed by atoms with Crippen molar-refractivity contribution in [3.63, 3.8) is 0 Å². The lowest BCUT2D eigenvalue weighted by molar-refractivity contribution is -0.133. The zero-order valence-corrected chi connectivity index (χ0v) is 11.3. The molecule has 0 amide bonds. The molecule has 18 heavy (non-hydrogen) atoms. The van der Waals surface area contributed by atoms with E-state index in [0.717, 1.165) is 18.8 Å². The predicted octanol–water partition coefficient (Wildman–Crippen LogP) is 1.99. The third-order valence-electron chi connectivity index (χ3n) is 3.36. The molecule has 1 heterocycles. The Balaban J connectivity index is 2.03. The van der Waals surface area contributed by atoms with E-state index in [2.05, 4.69) is 22.4 Å². The highest BCUT2D eigenvalue weighted by molar-refractivity contribution is 7.99. The number of carbonyl (C=O) groups is 1. The highest BCUT2D eigenvalue weighted by atomic mass is 32.2. The van der Waals surface area contributed by atoms with Crippen LogP contribution in [0.15, 0.2) is 5.16 Å². The first-order valence-electron chi connectivity index (χ1n) is 6.29. The predicted molar refractivity (Wildman–Crippen MR) is 67.5 cm³/mol. The first-order chi connectivity index (χ1) is 8.66. The Morgan fingerprint density at radius 3 is 3.06 bits per heavy atom. The van der Waals surface area contributed by atoms with Crippen LogP contribution in [-0.2, 0) is 4.79 Å². The van der Waals surface area contributed by atoms with Gasteiger partial charge in [-0.15, -0.1) is 5.10 Å². The third-order valence-corrected chi connectivity index (χ3v) is 4.28. The van der Waals surface area contributed by atoms with E-state index in [0.29, 0.717) is 11.2 Å². The molecule has 1 aromatic rings. The summed E-state index contributed by atoms with van der Waals surface area (Å²) in [4.78, 5) is 10.6. The highest BCUT2D eigenvalue weighted by Gasteiger charge is 2.21. The zero-order chi connectivity index (χ0) is 13.0. The molecule has 1 aliphatic carbocycles. The molecule has 1 fully saturated rings. The number of nitrogens with zero attached hydrogens (tertiary/aromatic N) is 4. The molecule has 2 rings (SSSR count). The quantitative estimate of drug-likeness (QED) is 0.665. The van der Waals surface area contributed by atoms with Gasteiger partial charge < -0.3 is 5.11 Å². The summed E-state index contributed by atoms with van der Waals surface area (Å²) in [6.07, 6.45) is 5.79. The number of carboxylic acid groups (broad SMARTS) is 1. The summed E-state index contributed by atoms with van der Waals surface area (Å²) in [7, 11) is 0. The molecule has 1 N–H and O–H groups in total. The summed E-state index contributed by atoms with van der Waals surface area (Å²) in [6, 6.07) is 0.321. The number of aliphatic carboxylic acids is 1. The van der Waals surface area contributed by atoms with Crippen molar-refractivity contribution in [2.45, 2.75) is 50.2 Å². The van der Waals surface area contributed by atoms with E-state index in [9.17, 15) is 4.79 Å². The van der Waals surface area contributed by atoms with Crippen LogP contribution in [0.5, 0.6) is 0 Å². The summed E-state index contributed by atoms with van der Waals surface area (Å²) >= 11 is 1.19. The van der Waals surface area contributed by atoms with Crippen LogP contribution >= 0.6 is 11.8 Å². The maximum Gasteiger partial charge on any atom is 0.313 e. The topological polar surface area (TPSA) is 80.9 Å². The minimum absolute atomic E-state index is 0.00347. The lowest BCUT2D eigenvalue weighted by Gasteiger charge is -2.15. The molecule has 0 saturated heterocycles. The lowest BCUT2D eigenvalue weighted by atomic mass is 10.0. The Morgan fingerprint density at radius 1 is 1.44 bits per heavy atom. The van der Waals surface area contributed by atoms with Crippen molar-refractivity contribution in [2.24, 2.45) is 5.92 Å². The molecule has 0 spiro atoms. The van der Waals surface area contributed by atoms with Gasteiger partial charge in [-0.2, -0.15) is 0 Å². The van der Waals surface area contributed by atoms with Crippen molar-refractivity contribution < 1.29 is 9.90 Å². The fourth-order valence-corrected chi connectivity index (χ4v) is 3.01. The van der Waals surface area contributed by atoms with Crippen LogP contribution in [-0.4, -0.2) is 37.0 Å². The average Bonchev–Trinajstić information content (AvgIpc) is 2.69. The Bertz CT molecular complexity index is 410. The maximum atomic E-state index is 10.6. The van der Waals surface area contributed by atoms with Crippen LogP contribution in [0.1, 0.15) is 45.1 Å². The molecule has 6 nitrogen and oxygen atoms in total. The molecule has 1 saturated carbocycles. The van der Waals surface area contributed by atoms with E-state index in [-0.39, 0.29) is 5.75 Å². The van der Waals surface area contributed by atoms with E-state index < -0.39 is 5.97 Å². The van der Waals surface area contributed by atoms with Crippen LogP contribution in [0.3, 0.4) is 0 Å². The highest BCUT2D eigenvalue weighted by Crippen LogP contribution is 2.31. The van der Waals surface area contributed by atoms with Crippen molar-refractivity contribution in [1.29, 1.82) is 0 Å². The number of thioether (sulfide) groups is 1. The summed E-state index contributed by atoms with van der Waals surface area (Å²) < 4.78 is 1.81. The van der Waals surface area contributed by atoms with Gasteiger partial charge in [0.15, 0.2) is 0 Å². The van der Waals surface area contributed by atoms with Gasteiger partial charge in [-0.1, -0.05) is 31.5 Å². The Kier molecular flexibility index (Phi) is 4.57. The number of rotatable bonds is 4. The summed E-state index contributed by atoms with van der Waals surface area (Å²) in [5.41, 5.74) is 0. The van der Waals surface area contributed by atoms with Crippen LogP contribution < -0.4 is 0 Å². The molecular weight excluding hydrogens is 252 g/mol. The molecule has 0 radical (unpaired) electrons. The molecule has 100 valence electrons. The van der Waals surface area contributed by atoms with E-state index in [1.54, 1.807) is 0 Å². The number of tetrazole rings is 1. The Hall–Kier alpha value is -1.11. The van der Waals surface area contributed by atoms with Crippen molar-refractivity contribution >= 4 is 17.7 Å². The summed E-state index contributed by atoms with van der Waals surface area (Å²) in [5.74, 6) is -0.0746. The van der Waals surface area contributed by atoms with Gasteiger partial charge in [0, 0.05) is 0 Å². The van der Waals surface area contributed by atoms with Crippen molar-refractivity contribution in [1.82, 2.24) is 20.2 Å². The summed E-state index contributed by atoms with van der Waals surface area (Å²) in [6.45, 7) is 2.28. The van der Waals surface area contributed by atoms with Gasteiger partial charge in [0.2, 0.25) is 5.16 Å². The van der Waals surface area contributed by atoms with Gasteiger partial charge in [-0.05, 0) is 35.6 Å². The van der Waals surface area contributed by atoms with Gasteiger partial charge in [0.1, 0.15) is 0 Å². The molecule has 2 atom stereocenters. The van der Waals surface area contributed by atoms with Crippen LogP contribution in [0.2, 0.25) is 0 Å². The van der Waals surface area contributed by atoms with E-state index in [4.69, 9.17) is 5.11 Å².